The monoisotopic (exact) mass is 325 g/mol. The first-order valence-corrected chi connectivity index (χ1v) is 10.3. The summed E-state index contributed by atoms with van der Waals surface area (Å²) in [5.74, 6) is 2.84. The SMILES string of the molecule is O=C(CN1CCC(N2CCSCC2)CC1)NC1CCCCC1. The number of amides is 1. The zero-order valence-corrected chi connectivity index (χ0v) is 14.6. The Morgan fingerprint density at radius 3 is 2.32 bits per heavy atom. The van der Waals surface area contributed by atoms with Crippen LogP contribution in [0, 0.1) is 0 Å². The van der Waals surface area contributed by atoms with E-state index in [0.29, 0.717) is 12.6 Å². The molecule has 1 saturated carbocycles. The number of nitrogens with one attached hydrogen (secondary N) is 1. The highest BCUT2D eigenvalue weighted by molar-refractivity contribution is 7.99. The lowest BCUT2D eigenvalue weighted by molar-refractivity contribution is -0.123. The van der Waals surface area contributed by atoms with E-state index in [9.17, 15) is 4.79 Å². The van der Waals surface area contributed by atoms with Crippen LogP contribution in [0.2, 0.25) is 0 Å². The third-order valence-corrected chi connectivity index (χ3v) is 6.40. The Morgan fingerprint density at radius 2 is 1.64 bits per heavy atom. The van der Waals surface area contributed by atoms with Gasteiger partial charge in [0, 0.05) is 49.8 Å². The zero-order valence-electron chi connectivity index (χ0n) is 13.8. The van der Waals surface area contributed by atoms with Crippen LogP contribution in [0.3, 0.4) is 0 Å². The van der Waals surface area contributed by atoms with Crippen molar-refractivity contribution in [3.8, 4) is 0 Å². The smallest absolute Gasteiger partial charge is 0.234 e. The second kappa shape index (κ2) is 8.55. The Bertz CT molecular complexity index is 346. The van der Waals surface area contributed by atoms with E-state index in [1.165, 1.54) is 69.5 Å². The summed E-state index contributed by atoms with van der Waals surface area (Å²) in [4.78, 5) is 17.2. The fraction of sp³-hybridized carbons (Fsp3) is 0.941. The largest absolute Gasteiger partial charge is 0.352 e. The molecule has 2 aliphatic heterocycles. The molecule has 1 aliphatic carbocycles. The van der Waals surface area contributed by atoms with Crippen LogP contribution in [0.4, 0.5) is 0 Å². The van der Waals surface area contributed by atoms with Gasteiger partial charge in [0.05, 0.1) is 6.54 Å². The van der Waals surface area contributed by atoms with E-state index in [4.69, 9.17) is 0 Å². The molecule has 0 unspecified atom stereocenters. The second-order valence-corrected chi connectivity index (χ2v) is 8.28. The van der Waals surface area contributed by atoms with Gasteiger partial charge in [-0.15, -0.1) is 0 Å². The average molecular weight is 326 g/mol. The summed E-state index contributed by atoms with van der Waals surface area (Å²) in [5.41, 5.74) is 0. The van der Waals surface area contributed by atoms with E-state index in [0.717, 1.165) is 19.1 Å². The number of piperidine rings is 1. The molecule has 0 spiro atoms. The van der Waals surface area contributed by atoms with Crippen molar-refractivity contribution in [2.75, 3.05) is 44.2 Å². The van der Waals surface area contributed by atoms with E-state index >= 15 is 0 Å². The predicted molar refractivity (Wildman–Crippen MR) is 93.4 cm³/mol. The van der Waals surface area contributed by atoms with Crippen LogP contribution in [0.1, 0.15) is 44.9 Å². The molecule has 0 aromatic heterocycles. The van der Waals surface area contributed by atoms with Gasteiger partial charge in [-0.2, -0.15) is 11.8 Å². The van der Waals surface area contributed by atoms with E-state index < -0.39 is 0 Å². The Labute approximate surface area is 139 Å². The van der Waals surface area contributed by atoms with Gasteiger partial charge in [-0.05, 0) is 25.7 Å². The zero-order chi connectivity index (χ0) is 15.2. The van der Waals surface area contributed by atoms with Crippen LogP contribution in [0.25, 0.3) is 0 Å². The minimum atomic E-state index is 0.250. The van der Waals surface area contributed by atoms with Gasteiger partial charge >= 0.3 is 0 Å². The number of thioether (sulfide) groups is 1. The molecule has 3 fully saturated rings. The summed E-state index contributed by atoms with van der Waals surface area (Å²) in [7, 11) is 0. The lowest BCUT2D eigenvalue weighted by Gasteiger charge is -2.40. The molecule has 0 aromatic carbocycles. The average Bonchev–Trinajstić information content (AvgIpc) is 2.57. The van der Waals surface area contributed by atoms with Crippen LogP contribution in [0.15, 0.2) is 0 Å². The maximum Gasteiger partial charge on any atom is 0.234 e. The number of hydrogen-bond donors (Lipinski definition) is 1. The van der Waals surface area contributed by atoms with Gasteiger partial charge in [0.25, 0.3) is 0 Å². The number of carbonyl (C=O) groups is 1. The summed E-state index contributed by atoms with van der Waals surface area (Å²) in [6.45, 7) is 5.31. The van der Waals surface area contributed by atoms with Gasteiger partial charge in [-0.1, -0.05) is 19.3 Å². The lowest BCUT2D eigenvalue weighted by Crippen LogP contribution is -2.50. The number of rotatable bonds is 4. The summed E-state index contributed by atoms with van der Waals surface area (Å²) >= 11 is 2.08. The van der Waals surface area contributed by atoms with Gasteiger partial charge < -0.3 is 5.32 Å². The van der Waals surface area contributed by atoms with Crippen molar-refractivity contribution < 1.29 is 4.79 Å². The van der Waals surface area contributed by atoms with Crippen LogP contribution < -0.4 is 5.32 Å². The topological polar surface area (TPSA) is 35.6 Å². The number of hydrogen-bond acceptors (Lipinski definition) is 4. The molecule has 0 aromatic rings. The lowest BCUT2D eigenvalue weighted by atomic mass is 9.95. The fourth-order valence-electron chi connectivity index (χ4n) is 4.11. The first-order chi connectivity index (χ1) is 10.8. The Morgan fingerprint density at radius 1 is 0.955 bits per heavy atom. The molecule has 2 heterocycles. The molecule has 5 heteroatoms. The molecule has 0 atom stereocenters. The minimum absolute atomic E-state index is 0.250. The van der Waals surface area contributed by atoms with Gasteiger partial charge in [-0.25, -0.2) is 0 Å². The van der Waals surface area contributed by atoms with Crippen molar-refractivity contribution in [2.24, 2.45) is 0 Å². The third-order valence-electron chi connectivity index (χ3n) is 5.46. The predicted octanol–water partition coefficient (Wildman–Crippen LogP) is 1.95. The molecular weight excluding hydrogens is 294 g/mol. The fourth-order valence-corrected chi connectivity index (χ4v) is 5.04. The Kier molecular flexibility index (Phi) is 6.45. The van der Waals surface area contributed by atoms with Gasteiger partial charge in [0.15, 0.2) is 0 Å². The van der Waals surface area contributed by atoms with Crippen molar-refractivity contribution in [3.63, 3.8) is 0 Å². The number of likely N-dealkylation sites (tertiary alicyclic amines) is 1. The van der Waals surface area contributed by atoms with E-state index in [2.05, 4.69) is 26.9 Å². The highest BCUT2D eigenvalue weighted by Gasteiger charge is 2.26. The molecule has 4 nitrogen and oxygen atoms in total. The molecule has 1 amide bonds. The quantitative estimate of drug-likeness (QED) is 0.857. The summed E-state index contributed by atoms with van der Waals surface area (Å²) in [6.07, 6.45) is 8.74. The minimum Gasteiger partial charge on any atom is -0.352 e. The summed E-state index contributed by atoms with van der Waals surface area (Å²) in [6, 6.07) is 1.21. The van der Waals surface area contributed by atoms with Gasteiger partial charge in [0.1, 0.15) is 0 Å². The van der Waals surface area contributed by atoms with Gasteiger partial charge in [-0.3, -0.25) is 14.6 Å². The summed E-state index contributed by atoms with van der Waals surface area (Å²) < 4.78 is 0. The number of nitrogens with zero attached hydrogens (tertiary/aromatic N) is 2. The van der Waals surface area contributed by atoms with Crippen LogP contribution in [-0.2, 0) is 4.79 Å². The van der Waals surface area contributed by atoms with E-state index in [1.807, 2.05) is 0 Å². The first kappa shape index (κ1) is 16.6. The standard InChI is InChI=1S/C17H31N3OS/c21-17(18-15-4-2-1-3-5-15)14-19-8-6-16(7-9-19)20-10-12-22-13-11-20/h15-16H,1-14H2,(H,18,21). The maximum atomic E-state index is 12.2. The van der Waals surface area contributed by atoms with Crippen molar-refractivity contribution >= 4 is 17.7 Å². The molecule has 1 N–H and O–H groups in total. The Hall–Kier alpha value is -0.260. The number of carbonyl (C=O) groups excluding carboxylic acids is 1. The van der Waals surface area contributed by atoms with Crippen molar-refractivity contribution in [2.45, 2.75) is 57.0 Å². The normalized spacial score (nSPS) is 26.9. The van der Waals surface area contributed by atoms with E-state index in [1.54, 1.807) is 0 Å². The maximum absolute atomic E-state index is 12.2. The molecular formula is C17H31N3OS. The van der Waals surface area contributed by atoms with Crippen molar-refractivity contribution in [1.29, 1.82) is 0 Å². The van der Waals surface area contributed by atoms with Crippen molar-refractivity contribution in [1.82, 2.24) is 15.1 Å². The second-order valence-electron chi connectivity index (χ2n) is 7.06. The molecule has 0 radical (unpaired) electrons. The van der Waals surface area contributed by atoms with Crippen LogP contribution in [-0.4, -0.2) is 72.0 Å². The third kappa shape index (κ3) is 4.87. The molecule has 126 valence electrons. The van der Waals surface area contributed by atoms with Crippen LogP contribution >= 0.6 is 11.8 Å². The Balaban J connectivity index is 1.35. The van der Waals surface area contributed by atoms with Crippen molar-refractivity contribution in [3.05, 3.63) is 0 Å². The highest BCUT2D eigenvalue weighted by Crippen LogP contribution is 2.21. The highest BCUT2D eigenvalue weighted by atomic mass is 32.2. The molecule has 3 rings (SSSR count). The molecule has 2 saturated heterocycles. The van der Waals surface area contributed by atoms with Crippen LogP contribution in [0.5, 0.6) is 0 Å². The van der Waals surface area contributed by atoms with E-state index in [-0.39, 0.29) is 5.91 Å². The molecule has 3 aliphatic rings. The molecule has 22 heavy (non-hydrogen) atoms. The van der Waals surface area contributed by atoms with Gasteiger partial charge in [0.2, 0.25) is 5.91 Å². The first-order valence-electron chi connectivity index (χ1n) is 9.15. The molecule has 0 bridgehead atoms. The summed E-state index contributed by atoms with van der Waals surface area (Å²) in [5, 5.41) is 3.25.